The highest BCUT2D eigenvalue weighted by Crippen LogP contribution is 2.22. The summed E-state index contributed by atoms with van der Waals surface area (Å²) in [6.45, 7) is 9.07. The minimum atomic E-state index is 0.685. The van der Waals surface area contributed by atoms with E-state index in [9.17, 15) is 0 Å². The van der Waals surface area contributed by atoms with Crippen LogP contribution in [0.1, 0.15) is 38.8 Å². The van der Waals surface area contributed by atoms with E-state index < -0.39 is 0 Å². The molecule has 18 heavy (non-hydrogen) atoms. The van der Waals surface area contributed by atoms with Gasteiger partial charge in [-0.05, 0) is 54.0 Å². The fourth-order valence-electron chi connectivity index (χ4n) is 2.47. The third-order valence-electron chi connectivity index (χ3n) is 3.17. The molecule has 1 aromatic carbocycles. The van der Waals surface area contributed by atoms with E-state index in [4.69, 9.17) is 0 Å². The molecule has 0 aliphatic carbocycles. The summed E-state index contributed by atoms with van der Waals surface area (Å²) >= 11 is 0. The maximum Gasteiger partial charge on any atom is 0.0704 e. The van der Waals surface area contributed by atoms with Crippen LogP contribution in [0.5, 0.6) is 0 Å². The predicted molar refractivity (Wildman–Crippen MR) is 78.8 cm³/mol. The second-order valence-electron chi connectivity index (χ2n) is 6.02. The Bertz CT molecular complexity index is 526. The first-order valence-electron chi connectivity index (χ1n) is 6.92. The van der Waals surface area contributed by atoms with Crippen molar-refractivity contribution in [1.82, 2.24) is 4.98 Å². The van der Waals surface area contributed by atoms with E-state index in [-0.39, 0.29) is 0 Å². The number of benzene rings is 1. The molecule has 2 rings (SSSR count). The zero-order valence-electron chi connectivity index (χ0n) is 11.9. The topological polar surface area (TPSA) is 12.9 Å². The molecular formula is C17H23N. The highest BCUT2D eigenvalue weighted by atomic mass is 14.6. The Balaban J connectivity index is 2.44. The molecule has 0 amide bonds. The minimum Gasteiger partial charge on any atom is -0.256 e. The van der Waals surface area contributed by atoms with Crippen molar-refractivity contribution >= 4 is 10.9 Å². The predicted octanol–water partition coefficient (Wildman–Crippen LogP) is 4.63. The van der Waals surface area contributed by atoms with Gasteiger partial charge >= 0.3 is 0 Å². The quantitative estimate of drug-likeness (QED) is 0.760. The number of aromatic nitrogens is 1. The summed E-state index contributed by atoms with van der Waals surface area (Å²) in [7, 11) is 0. The second-order valence-corrected chi connectivity index (χ2v) is 6.02. The summed E-state index contributed by atoms with van der Waals surface area (Å²) in [6.07, 6.45) is 4.21. The highest BCUT2D eigenvalue weighted by molar-refractivity contribution is 5.82. The van der Waals surface area contributed by atoms with Gasteiger partial charge in [-0.25, -0.2) is 0 Å². The van der Waals surface area contributed by atoms with Crippen LogP contribution >= 0.6 is 0 Å². The third-order valence-corrected chi connectivity index (χ3v) is 3.17. The maximum atomic E-state index is 4.47. The van der Waals surface area contributed by atoms with E-state index in [0.29, 0.717) is 11.8 Å². The van der Waals surface area contributed by atoms with Crippen LogP contribution < -0.4 is 0 Å². The van der Waals surface area contributed by atoms with Gasteiger partial charge in [-0.3, -0.25) is 4.98 Å². The first-order chi connectivity index (χ1) is 8.56. The van der Waals surface area contributed by atoms with Crippen LogP contribution in [-0.4, -0.2) is 4.98 Å². The summed E-state index contributed by atoms with van der Waals surface area (Å²) in [6, 6.07) is 8.88. The molecule has 1 nitrogen and oxygen atoms in total. The van der Waals surface area contributed by atoms with Gasteiger partial charge < -0.3 is 0 Å². The first kappa shape index (κ1) is 13.1. The fraction of sp³-hybridized carbons (Fsp3) is 0.471. The van der Waals surface area contributed by atoms with Crippen molar-refractivity contribution in [3.8, 4) is 0 Å². The zero-order valence-corrected chi connectivity index (χ0v) is 11.9. The summed E-state index contributed by atoms with van der Waals surface area (Å²) in [4.78, 5) is 4.47. The molecular weight excluding hydrogens is 218 g/mol. The molecule has 0 atom stereocenters. The fourth-order valence-corrected chi connectivity index (χ4v) is 2.47. The molecule has 0 N–H and O–H groups in total. The Morgan fingerprint density at radius 1 is 0.944 bits per heavy atom. The van der Waals surface area contributed by atoms with Crippen molar-refractivity contribution in [2.24, 2.45) is 11.8 Å². The van der Waals surface area contributed by atoms with Gasteiger partial charge in [0.05, 0.1) is 5.52 Å². The molecule has 0 saturated carbocycles. The molecule has 0 aliphatic rings. The largest absolute Gasteiger partial charge is 0.256 e. The second kappa shape index (κ2) is 5.51. The Kier molecular flexibility index (Phi) is 4.00. The molecule has 0 bridgehead atoms. The van der Waals surface area contributed by atoms with Crippen molar-refractivity contribution < 1.29 is 0 Å². The molecule has 1 aromatic heterocycles. The van der Waals surface area contributed by atoms with Crippen LogP contribution in [0.25, 0.3) is 10.9 Å². The number of rotatable bonds is 4. The molecule has 0 radical (unpaired) electrons. The molecule has 1 heterocycles. The van der Waals surface area contributed by atoms with Gasteiger partial charge in [-0.15, -0.1) is 0 Å². The van der Waals surface area contributed by atoms with Gasteiger partial charge in [0.15, 0.2) is 0 Å². The Morgan fingerprint density at radius 3 is 2.33 bits per heavy atom. The van der Waals surface area contributed by atoms with Crippen LogP contribution in [0.2, 0.25) is 0 Å². The summed E-state index contributed by atoms with van der Waals surface area (Å²) in [5.74, 6) is 1.39. The standard InChI is InChI=1S/C17H23N/c1-12(2)9-14-5-6-17-16(11-14)15(7-8-18-17)10-13(3)4/h5-8,11-13H,9-10H2,1-4H3. The van der Waals surface area contributed by atoms with Crippen molar-refractivity contribution in [2.45, 2.75) is 40.5 Å². The Morgan fingerprint density at radius 2 is 1.67 bits per heavy atom. The average Bonchev–Trinajstić information content (AvgIpc) is 2.28. The van der Waals surface area contributed by atoms with E-state index in [2.05, 4.69) is 56.9 Å². The molecule has 0 unspecified atom stereocenters. The van der Waals surface area contributed by atoms with E-state index in [0.717, 1.165) is 18.4 Å². The lowest BCUT2D eigenvalue weighted by molar-refractivity contribution is 0.645. The lowest BCUT2D eigenvalue weighted by Crippen LogP contribution is -1.98. The van der Waals surface area contributed by atoms with Crippen molar-refractivity contribution in [3.63, 3.8) is 0 Å². The van der Waals surface area contributed by atoms with Crippen LogP contribution in [0.15, 0.2) is 30.5 Å². The number of nitrogens with zero attached hydrogens (tertiary/aromatic N) is 1. The Labute approximate surface area is 110 Å². The Hall–Kier alpha value is -1.37. The van der Waals surface area contributed by atoms with Gasteiger partial charge in [0, 0.05) is 11.6 Å². The number of fused-ring (bicyclic) bond motifs is 1. The average molecular weight is 241 g/mol. The van der Waals surface area contributed by atoms with Gasteiger partial charge in [0.2, 0.25) is 0 Å². The summed E-state index contributed by atoms with van der Waals surface area (Å²) in [5, 5.41) is 1.34. The van der Waals surface area contributed by atoms with Crippen LogP contribution in [0.4, 0.5) is 0 Å². The van der Waals surface area contributed by atoms with Gasteiger partial charge in [-0.1, -0.05) is 33.8 Å². The lowest BCUT2D eigenvalue weighted by Gasteiger charge is -2.11. The van der Waals surface area contributed by atoms with Gasteiger partial charge in [-0.2, -0.15) is 0 Å². The van der Waals surface area contributed by atoms with Crippen molar-refractivity contribution in [1.29, 1.82) is 0 Å². The molecule has 96 valence electrons. The zero-order chi connectivity index (χ0) is 13.1. The molecule has 2 aromatic rings. The van der Waals surface area contributed by atoms with Gasteiger partial charge in [0.25, 0.3) is 0 Å². The van der Waals surface area contributed by atoms with Crippen LogP contribution in [-0.2, 0) is 12.8 Å². The minimum absolute atomic E-state index is 0.685. The van der Waals surface area contributed by atoms with Crippen LogP contribution in [0.3, 0.4) is 0 Å². The summed E-state index contributed by atoms with van der Waals surface area (Å²) in [5.41, 5.74) is 3.98. The SMILES string of the molecule is CC(C)Cc1ccc2nccc(CC(C)C)c2c1. The van der Waals surface area contributed by atoms with E-state index in [1.54, 1.807) is 0 Å². The molecule has 0 spiro atoms. The third kappa shape index (κ3) is 3.10. The maximum absolute atomic E-state index is 4.47. The number of hydrogen-bond donors (Lipinski definition) is 0. The normalized spacial score (nSPS) is 11.7. The monoisotopic (exact) mass is 241 g/mol. The highest BCUT2D eigenvalue weighted by Gasteiger charge is 2.06. The van der Waals surface area contributed by atoms with Crippen molar-refractivity contribution in [3.05, 3.63) is 41.6 Å². The van der Waals surface area contributed by atoms with E-state index in [1.807, 2.05) is 6.20 Å². The number of hydrogen-bond acceptors (Lipinski definition) is 1. The van der Waals surface area contributed by atoms with E-state index >= 15 is 0 Å². The molecule has 0 saturated heterocycles. The first-order valence-corrected chi connectivity index (χ1v) is 6.92. The van der Waals surface area contributed by atoms with E-state index in [1.165, 1.54) is 16.5 Å². The number of pyridine rings is 1. The molecule has 1 heteroatoms. The van der Waals surface area contributed by atoms with Crippen LogP contribution in [0, 0.1) is 11.8 Å². The smallest absolute Gasteiger partial charge is 0.0704 e. The summed E-state index contributed by atoms with van der Waals surface area (Å²) < 4.78 is 0. The molecule has 0 fully saturated rings. The van der Waals surface area contributed by atoms with Gasteiger partial charge in [0.1, 0.15) is 0 Å². The lowest BCUT2D eigenvalue weighted by atomic mass is 9.96. The molecule has 0 aliphatic heterocycles. The van der Waals surface area contributed by atoms with Crippen molar-refractivity contribution in [2.75, 3.05) is 0 Å².